The first-order valence-corrected chi connectivity index (χ1v) is 8.99. The van der Waals surface area contributed by atoms with E-state index in [-0.39, 0.29) is 17.2 Å². The monoisotopic (exact) mass is 385 g/mol. The zero-order valence-electron chi connectivity index (χ0n) is 15.6. The van der Waals surface area contributed by atoms with Crippen LogP contribution in [0, 0.1) is 17.1 Å². The fourth-order valence-electron chi connectivity index (χ4n) is 3.39. The number of benzene rings is 3. The van der Waals surface area contributed by atoms with E-state index in [1.807, 2.05) is 30.3 Å². The molecule has 0 fully saturated rings. The Morgan fingerprint density at radius 1 is 1.00 bits per heavy atom. The molecule has 0 radical (unpaired) electrons. The van der Waals surface area contributed by atoms with Crippen LogP contribution in [0.3, 0.4) is 0 Å². The minimum absolute atomic E-state index is 0.0908. The molecule has 0 unspecified atom stereocenters. The summed E-state index contributed by atoms with van der Waals surface area (Å²) in [6.07, 6.45) is 0.0908. The second kappa shape index (κ2) is 7.61. The van der Waals surface area contributed by atoms with Crippen molar-refractivity contribution in [1.29, 1.82) is 5.26 Å². The van der Waals surface area contributed by atoms with Gasteiger partial charge in [0.15, 0.2) is 0 Å². The molecule has 29 heavy (non-hydrogen) atoms. The van der Waals surface area contributed by atoms with E-state index in [0.29, 0.717) is 39.3 Å². The summed E-state index contributed by atoms with van der Waals surface area (Å²) in [6.45, 7) is 0. The molecule has 1 heterocycles. The number of nitriles is 1. The average molecular weight is 385 g/mol. The molecule has 0 bridgehead atoms. The summed E-state index contributed by atoms with van der Waals surface area (Å²) >= 11 is 0. The Morgan fingerprint density at radius 3 is 2.38 bits per heavy atom. The highest BCUT2D eigenvalue weighted by atomic mass is 19.1. The first-order valence-electron chi connectivity index (χ1n) is 8.99. The van der Waals surface area contributed by atoms with Crippen molar-refractivity contribution in [3.05, 3.63) is 88.3 Å². The lowest BCUT2D eigenvalue weighted by Gasteiger charge is -2.14. The summed E-state index contributed by atoms with van der Waals surface area (Å²) < 4.78 is 25.1. The molecule has 5 heteroatoms. The molecule has 0 N–H and O–H groups in total. The van der Waals surface area contributed by atoms with Crippen LogP contribution in [-0.4, -0.2) is 7.11 Å². The van der Waals surface area contributed by atoms with Gasteiger partial charge in [0, 0.05) is 11.1 Å². The van der Waals surface area contributed by atoms with Gasteiger partial charge in [0.05, 0.1) is 25.2 Å². The number of rotatable bonds is 4. The van der Waals surface area contributed by atoms with Crippen molar-refractivity contribution in [2.24, 2.45) is 0 Å². The quantitative estimate of drug-likeness (QED) is 0.476. The summed E-state index contributed by atoms with van der Waals surface area (Å²) in [4.78, 5) is 13.6. The number of fused-ring (bicyclic) bond motifs is 1. The number of hydrogen-bond acceptors (Lipinski definition) is 4. The van der Waals surface area contributed by atoms with E-state index in [0.717, 1.165) is 0 Å². The van der Waals surface area contributed by atoms with E-state index in [4.69, 9.17) is 9.15 Å². The van der Waals surface area contributed by atoms with Gasteiger partial charge in [-0.15, -0.1) is 0 Å². The largest absolute Gasteiger partial charge is 0.496 e. The fraction of sp³-hybridized carbons (Fsp3) is 0.0833. The van der Waals surface area contributed by atoms with Crippen molar-refractivity contribution >= 4 is 11.0 Å². The van der Waals surface area contributed by atoms with Crippen LogP contribution in [0.1, 0.15) is 5.56 Å². The third-order valence-electron chi connectivity index (χ3n) is 4.74. The van der Waals surface area contributed by atoms with Gasteiger partial charge >= 0.3 is 0 Å². The molecule has 0 aliphatic rings. The molecule has 0 amide bonds. The van der Waals surface area contributed by atoms with Crippen molar-refractivity contribution in [3.8, 4) is 34.3 Å². The Kier molecular flexibility index (Phi) is 4.84. The number of methoxy groups -OCH3 is 1. The summed E-state index contributed by atoms with van der Waals surface area (Å²) in [7, 11) is 1.47. The van der Waals surface area contributed by atoms with Crippen LogP contribution in [0.4, 0.5) is 4.39 Å². The predicted molar refractivity (Wildman–Crippen MR) is 109 cm³/mol. The van der Waals surface area contributed by atoms with Gasteiger partial charge in [-0.25, -0.2) is 4.39 Å². The summed E-state index contributed by atoms with van der Waals surface area (Å²) in [5.41, 5.74) is 2.18. The lowest BCUT2D eigenvalue weighted by atomic mass is 9.97. The van der Waals surface area contributed by atoms with Crippen molar-refractivity contribution < 1.29 is 13.5 Å². The molecule has 142 valence electrons. The van der Waals surface area contributed by atoms with E-state index in [2.05, 4.69) is 6.07 Å². The second-order valence-corrected chi connectivity index (χ2v) is 6.47. The maximum absolute atomic E-state index is 13.6. The van der Waals surface area contributed by atoms with Crippen LogP contribution < -0.4 is 10.2 Å². The molecule has 4 nitrogen and oxygen atoms in total. The Hall–Kier alpha value is -3.91. The summed E-state index contributed by atoms with van der Waals surface area (Å²) in [6, 6.07) is 20.4. The minimum atomic E-state index is -0.394. The molecule has 0 aliphatic heterocycles. The Labute approximate surface area is 166 Å². The van der Waals surface area contributed by atoms with Crippen molar-refractivity contribution in [1.82, 2.24) is 0 Å². The molecule has 4 rings (SSSR count). The summed E-state index contributed by atoms with van der Waals surface area (Å²) in [5, 5.41) is 9.45. The third kappa shape index (κ3) is 3.26. The van der Waals surface area contributed by atoms with Gasteiger partial charge in [0.2, 0.25) is 5.43 Å². The number of halogens is 1. The first kappa shape index (κ1) is 18.5. The number of nitrogens with zero attached hydrogens (tertiary/aromatic N) is 1. The Bertz CT molecular complexity index is 1290. The minimum Gasteiger partial charge on any atom is -0.496 e. The zero-order chi connectivity index (χ0) is 20.4. The smallest absolute Gasteiger partial charge is 0.204 e. The standard InChI is InChI=1S/C24H16FNO3/c1-28-19-12-9-17(13-14-26)24-21(19)22(27)20(15-7-10-18(25)11-8-15)23(29-24)16-5-3-2-4-6-16/h2-12H,13H2,1H3. The van der Waals surface area contributed by atoms with Crippen LogP contribution in [0.5, 0.6) is 5.75 Å². The molecule has 1 aromatic heterocycles. The number of hydrogen-bond donors (Lipinski definition) is 0. The van der Waals surface area contributed by atoms with Crippen LogP contribution in [-0.2, 0) is 6.42 Å². The average Bonchev–Trinajstić information content (AvgIpc) is 2.75. The lowest BCUT2D eigenvalue weighted by Crippen LogP contribution is -2.10. The van der Waals surface area contributed by atoms with Gasteiger partial charge in [0.25, 0.3) is 0 Å². The maximum atomic E-state index is 13.6. The topological polar surface area (TPSA) is 63.2 Å². The van der Waals surface area contributed by atoms with Gasteiger partial charge in [0.1, 0.15) is 28.3 Å². The molecule has 3 aromatic carbocycles. The van der Waals surface area contributed by atoms with E-state index in [1.165, 1.54) is 19.2 Å². The Morgan fingerprint density at radius 2 is 1.72 bits per heavy atom. The van der Waals surface area contributed by atoms with Gasteiger partial charge in [-0.1, -0.05) is 48.5 Å². The molecule has 0 saturated heterocycles. The maximum Gasteiger partial charge on any atom is 0.204 e. The van der Waals surface area contributed by atoms with Crippen LogP contribution in [0.15, 0.2) is 75.9 Å². The van der Waals surface area contributed by atoms with E-state index >= 15 is 0 Å². The zero-order valence-corrected chi connectivity index (χ0v) is 15.6. The highest BCUT2D eigenvalue weighted by Crippen LogP contribution is 2.36. The van der Waals surface area contributed by atoms with Crippen molar-refractivity contribution in [2.45, 2.75) is 6.42 Å². The molecule has 4 aromatic rings. The second-order valence-electron chi connectivity index (χ2n) is 6.47. The normalized spacial score (nSPS) is 10.7. The van der Waals surface area contributed by atoms with E-state index in [9.17, 15) is 14.4 Å². The lowest BCUT2D eigenvalue weighted by molar-refractivity contribution is 0.418. The molecular weight excluding hydrogens is 369 g/mol. The third-order valence-corrected chi connectivity index (χ3v) is 4.74. The highest BCUT2D eigenvalue weighted by Gasteiger charge is 2.22. The molecule has 0 spiro atoms. The molecule has 0 saturated carbocycles. The van der Waals surface area contributed by atoms with Crippen LogP contribution >= 0.6 is 0 Å². The van der Waals surface area contributed by atoms with Crippen molar-refractivity contribution in [2.75, 3.05) is 7.11 Å². The van der Waals surface area contributed by atoms with E-state index in [1.54, 1.807) is 24.3 Å². The first-order chi connectivity index (χ1) is 14.1. The number of ether oxygens (including phenoxy) is 1. The molecule has 0 aliphatic carbocycles. The van der Waals surface area contributed by atoms with Crippen LogP contribution in [0.2, 0.25) is 0 Å². The SMILES string of the molecule is COc1ccc(CC#N)c2oc(-c3ccccc3)c(-c3ccc(F)cc3)c(=O)c12. The van der Waals surface area contributed by atoms with Crippen LogP contribution in [0.25, 0.3) is 33.4 Å². The van der Waals surface area contributed by atoms with Gasteiger partial charge in [-0.05, 0) is 23.8 Å². The van der Waals surface area contributed by atoms with E-state index < -0.39 is 5.82 Å². The van der Waals surface area contributed by atoms with Crippen molar-refractivity contribution in [3.63, 3.8) is 0 Å². The van der Waals surface area contributed by atoms with Gasteiger partial charge in [-0.2, -0.15) is 5.26 Å². The summed E-state index contributed by atoms with van der Waals surface area (Å²) in [5.74, 6) is 0.328. The highest BCUT2D eigenvalue weighted by molar-refractivity contribution is 5.94. The van der Waals surface area contributed by atoms with Gasteiger partial charge in [-0.3, -0.25) is 4.79 Å². The predicted octanol–water partition coefficient (Wildman–Crippen LogP) is 5.34. The van der Waals surface area contributed by atoms with Gasteiger partial charge < -0.3 is 9.15 Å². The molecular formula is C24H16FNO3. The fourth-order valence-corrected chi connectivity index (χ4v) is 3.39. The molecule has 0 atom stereocenters. The Balaban J connectivity index is 2.17.